The molecule has 2 N–H and O–H groups in total. The topological polar surface area (TPSA) is 43.8 Å². The zero-order chi connectivity index (χ0) is 15.0. The second kappa shape index (κ2) is 5.45. The molecule has 21 heavy (non-hydrogen) atoms. The zero-order valence-electron chi connectivity index (χ0n) is 13.5. The Morgan fingerprint density at radius 1 is 1.19 bits per heavy atom. The van der Waals surface area contributed by atoms with Crippen molar-refractivity contribution < 1.29 is 0 Å². The molecule has 0 bridgehead atoms. The van der Waals surface area contributed by atoms with E-state index >= 15 is 0 Å². The van der Waals surface area contributed by atoms with Gasteiger partial charge in [-0.05, 0) is 58.2 Å². The van der Waals surface area contributed by atoms with Crippen molar-refractivity contribution in [2.24, 2.45) is 11.7 Å². The summed E-state index contributed by atoms with van der Waals surface area (Å²) < 4.78 is 2.45. The van der Waals surface area contributed by atoms with E-state index in [0.717, 1.165) is 12.1 Å². The maximum Gasteiger partial charge on any atom is 0.113 e. The van der Waals surface area contributed by atoms with Gasteiger partial charge in [-0.1, -0.05) is 25.0 Å². The van der Waals surface area contributed by atoms with Crippen LogP contribution >= 0.6 is 0 Å². The minimum Gasteiger partial charge on any atom is -0.330 e. The zero-order valence-corrected chi connectivity index (χ0v) is 13.5. The standard InChI is InChI=1S/C18H27N3/c1-18(2,3)21-16-11-7-6-10-15(16)20-17(21)14-9-5-4-8-13(14)12-19/h6-7,10-11,13-14H,4-5,8-9,12,19H2,1-3H3. The summed E-state index contributed by atoms with van der Waals surface area (Å²) >= 11 is 0. The molecule has 2 aromatic rings. The lowest BCUT2D eigenvalue weighted by Gasteiger charge is -2.34. The molecule has 2 atom stereocenters. The van der Waals surface area contributed by atoms with Gasteiger partial charge in [-0.3, -0.25) is 0 Å². The van der Waals surface area contributed by atoms with Gasteiger partial charge in [-0.25, -0.2) is 4.98 Å². The Kier molecular flexibility index (Phi) is 3.78. The van der Waals surface area contributed by atoms with E-state index < -0.39 is 0 Å². The van der Waals surface area contributed by atoms with E-state index in [9.17, 15) is 0 Å². The first-order valence-corrected chi connectivity index (χ1v) is 8.20. The molecule has 1 aromatic heterocycles. The summed E-state index contributed by atoms with van der Waals surface area (Å²) in [6.45, 7) is 7.58. The van der Waals surface area contributed by atoms with Gasteiger partial charge in [-0.15, -0.1) is 0 Å². The van der Waals surface area contributed by atoms with E-state index in [-0.39, 0.29) is 5.54 Å². The highest BCUT2D eigenvalue weighted by Gasteiger charge is 2.32. The summed E-state index contributed by atoms with van der Waals surface area (Å²) in [4.78, 5) is 5.01. The molecule has 1 saturated carbocycles. The third-order valence-electron chi connectivity index (χ3n) is 4.80. The number of nitrogens with two attached hydrogens (primary N) is 1. The first kappa shape index (κ1) is 14.6. The molecule has 1 aromatic carbocycles. The third kappa shape index (κ3) is 2.59. The molecule has 114 valence electrons. The SMILES string of the molecule is CC(C)(C)n1c(C2CCCCC2CN)nc2ccccc21. The molecule has 0 aliphatic heterocycles. The van der Waals surface area contributed by atoms with E-state index in [1.165, 1.54) is 37.0 Å². The van der Waals surface area contributed by atoms with Crippen LogP contribution in [-0.2, 0) is 5.54 Å². The van der Waals surface area contributed by atoms with Gasteiger partial charge in [-0.2, -0.15) is 0 Å². The lowest BCUT2D eigenvalue weighted by molar-refractivity contribution is 0.281. The Morgan fingerprint density at radius 2 is 1.90 bits per heavy atom. The molecule has 1 aliphatic rings. The smallest absolute Gasteiger partial charge is 0.113 e. The number of nitrogens with zero attached hydrogens (tertiary/aromatic N) is 2. The summed E-state index contributed by atoms with van der Waals surface area (Å²) in [7, 11) is 0. The highest BCUT2D eigenvalue weighted by molar-refractivity contribution is 5.76. The van der Waals surface area contributed by atoms with Crippen LogP contribution in [0.2, 0.25) is 0 Å². The minimum atomic E-state index is 0.0437. The highest BCUT2D eigenvalue weighted by atomic mass is 15.1. The van der Waals surface area contributed by atoms with Crippen molar-refractivity contribution in [1.29, 1.82) is 0 Å². The maximum absolute atomic E-state index is 6.05. The summed E-state index contributed by atoms with van der Waals surface area (Å²) in [5.41, 5.74) is 8.46. The van der Waals surface area contributed by atoms with Gasteiger partial charge in [0.1, 0.15) is 5.82 Å². The van der Waals surface area contributed by atoms with Crippen LogP contribution in [0.4, 0.5) is 0 Å². The fraction of sp³-hybridized carbons (Fsp3) is 0.611. The number of fused-ring (bicyclic) bond motifs is 1. The fourth-order valence-electron chi connectivity index (χ4n) is 3.83. The first-order chi connectivity index (χ1) is 10.0. The van der Waals surface area contributed by atoms with E-state index in [2.05, 4.69) is 49.6 Å². The van der Waals surface area contributed by atoms with Gasteiger partial charge >= 0.3 is 0 Å². The lowest BCUT2D eigenvalue weighted by atomic mass is 9.78. The predicted molar refractivity (Wildman–Crippen MR) is 88.5 cm³/mol. The van der Waals surface area contributed by atoms with E-state index in [1.807, 2.05) is 0 Å². The average molecular weight is 285 g/mol. The molecular weight excluding hydrogens is 258 g/mol. The molecule has 1 aliphatic carbocycles. The van der Waals surface area contributed by atoms with Crippen LogP contribution in [0.5, 0.6) is 0 Å². The van der Waals surface area contributed by atoms with E-state index in [0.29, 0.717) is 11.8 Å². The Labute approximate surface area is 127 Å². The van der Waals surface area contributed by atoms with Gasteiger partial charge in [0.2, 0.25) is 0 Å². The quantitative estimate of drug-likeness (QED) is 0.905. The number of benzene rings is 1. The van der Waals surface area contributed by atoms with Crippen molar-refractivity contribution >= 4 is 11.0 Å². The van der Waals surface area contributed by atoms with Crippen molar-refractivity contribution in [3.63, 3.8) is 0 Å². The number of para-hydroxylation sites is 2. The molecule has 3 rings (SSSR count). The number of hydrogen-bond acceptors (Lipinski definition) is 2. The Balaban J connectivity index is 2.17. The van der Waals surface area contributed by atoms with Crippen LogP contribution in [0.25, 0.3) is 11.0 Å². The van der Waals surface area contributed by atoms with Gasteiger partial charge in [0, 0.05) is 11.5 Å². The van der Waals surface area contributed by atoms with Crippen LogP contribution in [0, 0.1) is 5.92 Å². The summed E-state index contributed by atoms with van der Waals surface area (Å²) in [5, 5.41) is 0. The molecule has 0 saturated heterocycles. The van der Waals surface area contributed by atoms with Gasteiger partial charge < -0.3 is 10.3 Å². The van der Waals surface area contributed by atoms with Gasteiger partial charge in [0.05, 0.1) is 11.0 Å². The molecule has 1 fully saturated rings. The Hall–Kier alpha value is -1.35. The molecule has 0 amide bonds. The third-order valence-corrected chi connectivity index (χ3v) is 4.80. The molecular formula is C18H27N3. The van der Waals surface area contributed by atoms with E-state index in [4.69, 9.17) is 10.7 Å². The normalized spacial score (nSPS) is 23.6. The second-order valence-corrected chi connectivity index (χ2v) is 7.35. The predicted octanol–water partition coefficient (Wildman–Crippen LogP) is 4.02. The van der Waals surface area contributed by atoms with Crippen LogP contribution in [-0.4, -0.2) is 16.1 Å². The van der Waals surface area contributed by atoms with Crippen LogP contribution < -0.4 is 5.73 Å². The van der Waals surface area contributed by atoms with Crippen LogP contribution in [0.1, 0.15) is 58.2 Å². The van der Waals surface area contributed by atoms with Gasteiger partial charge in [0.15, 0.2) is 0 Å². The lowest BCUT2D eigenvalue weighted by Crippen LogP contribution is -2.31. The fourth-order valence-corrected chi connectivity index (χ4v) is 3.83. The second-order valence-electron chi connectivity index (χ2n) is 7.35. The highest BCUT2D eigenvalue weighted by Crippen LogP contribution is 2.39. The molecule has 3 heteroatoms. The minimum absolute atomic E-state index is 0.0437. The van der Waals surface area contributed by atoms with E-state index in [1.54, 1.807) is 0 Å². The van der Waals surface area contributed by atoms with Crippen molar-refractivity contribution in [3.8, 4) is 0 Å². The Morgan fingerprint density at radius 3 is 2.62 bits per heavy atom. The van der Waals surface area contributed by atoms with Crippen LogP contribution in [0.15, 0.2) is 24.3 Å². The van der Waals surface area contributed by atoms with Crippen LogP contribution in [0.3, 0.4) is 0 Å². The molecule has 1 heterocycles. The summed E-state index contributed by atoms with van der Waals surface area (Å²) in [6, 6.07) is 8.50. The number of imidazole rings is 1. The van der Waals surface area contributed by atoms with Gasteiger partial charge in [0.25, 0.3) is 0 Å². The van der Waals surface area contributed by atoms with Crippen molar-refractivity contribution in [2.45, 2.75) is 57.9 Å². The average Bonchev–Trinajstić information content (AvgIpc) is 2.86. The molecule has 0 spiro atoms. The number of aromatic nitrogens is 2. The molecule has 0 radical (unpaired) electrons. The van der Waals surface area contributed by atoms with Crippen molar-refractivity contribution in [2.75, 3.05) is 6.54 Å². The summed E-state index contributed by atoms with van der Waals surface area (Å²) in [5.74, 6) is 2.34. The number of rotatable bonds is 2. The largest absolute Gasteiger partial charge is 0.330 e. The Bertz CT molecular complexity index is 621. The van der Waals surface area contributed by atoms with Crippen molar-refractivity contribution in [1.82, 2.24) is 9.55 Å². The van der Waals surface area contributed by atoms with Crippen molar-refractivity contribution in [3.05, 3.63) is 30.1 Å². The molecule has 3 nitrogen and oxygen atoms in total. The monoisotopic (exact) mass is 285 g/mol. The maximum atomic E-state index is 6.05. The first-order valence-electron chi connectivity index (χ1n) is 8.20. The molecule has 2 unspecified atom stereocenters. The summed E-state index contributed by atoms with van der Waals surface area (Å²) in [6.07, 6.45) is 5.08. The number of hydrogen-bond donors (Lipinski definition) is 1.